The summed E-state index contributed by atoms with van der Waals surface area (Å²) in [5.74, 6) is -2.14. The molecule has 8 heteroatoms. The smallest absolute Gasteiger partial charge is 0.472 e. The van der Waals surface area contributed by atoms with Gasteiger partial charge in [0, 0.05) is 0 Å². The lowest BCUT2D eigenvalue weighted by atomic mass is 10.8. The van der Waals surface area contributed by atoms with Crippen molar-refractivity contribution in [2.45, 2.75) is 0 Å². The number of carboxylic acids is 1. The lowest BCUT2D eigenvalue weighted by Crippen LogP contribution is -2.32. The van der Waals surface area contributed by atoms with Crippen LogP contribution in [0.25, 0.3) is 0 Å². The molecule has 0 saturated carbocycles. The maximum absolute atomic E-state index is 10.0. The van der Waals surface area contributed by atoms with Crippen molar-refractivity contribution in [3.8, 4) is 0 Å². The summed E-state index contributed by atoms with van der Waals surface area (Å²) < 4.78 is 10.0. The summed E-state index contributed by atoms with van der Waals surface area (Å²) in [5.41, 5.74) is 4.46. The minimum absolute atomic E-state index is 1.56. The van der Waals surface area contributed by atoms with Gasteiger partial charge in [0.2, 0.25) is 0 Å². The molecule has 10 heavy (non-hydrogen) atoms. The molecule has 0 bridgehead atoms. The predicted molar refractivity (Wildman–Crippen MR) is 25.0 cm³/mol. The highest BCUT2D eigenvalue weighted by atomic mass is 31.2. The van der Waals surface area contributed by atoms with Crippen LogP contribution < -0.4 is 5.11 Å². The van der Waals surface area contributed by atoms with Crippen molar-refractivity contribution >= 4 is 19.0 Å². The summed E-state index contributed by atoms with van der Waals surface area (Å²) in [4.78, 5) is 28.0. The number of hydrogen-bond acceptors (Lipinski definition) is 4. The topological polar surface area (TPSA) is 136 Å². The van der Waals surface area contributed by atoms with E-state index in [1.54, 1.807) is 0 Å². The molecule has 56 valence electrons. The summed E-state index contributed by atoms with van der Waals surface area (Å²) in [5, 5.41) is 9.72. The first-order valence-electron chi connectivity index (χ1n) is 1.91. The summed E-state index contributed by atoms with van der Waals surface area (Å²) in [7, 11) is -4.93. The Kier molecular flexibility index (Phi) is 2.45. The van der Waals surface area contributed by atoms with Crippen LogP contribution in [0, 0.1) is 5.53 Å². The maximum Gasteiger partial charge on any atom is 0.472 e. The third-order valence-electron chi connectivity index (χ3n) is 0.564. The molecule has 0 heterocycles. The van der Waals surface area contributed by atoms with Crippen molar-refractivity contribution < 1.29 is 29.0 Å². The zero-order chi connectivity index (χ0) is 8.36. The van der Waals surface area contributed by atoms with Crippen LogP contribution in [-0.4, -0.2) is 26.0 Å². The third kappa shape index (κ3) is 2.08. The van der Waals surface area contributed by atoms with E-state index in [1.165, 1.54) is 0 Å². The molecule has 0 radical (unpaired) electrons. The van der Waals surface area contributed by atoms with Gasteiger partial charge in [-0.15, -0.1) is 0 Å². The lowest BCUT2D eigenvalue weighted by molar-refractivity contribution is -0.298. The highest BCUT2D eigenvalue weighted by Crippen LogP contribution is 2.34. The summed E-state index contributed by atoms with van der Waals surface area (Å²) in [6, 6.07) is 0. The van der Waals surface area contributed by atoms with Crippen LogP contribution in [0.3, 0.4) is 0 Å². The molecule has 0 amide bonds. The Morgan fingerprint density at radius 2 is 2.00 bits per heavy atom. The molecule has 0 rings (SSSR count). The summed E-state index contributed by atoms with van der Waals surface area (Å²) in [6.45, 7) is 0. The highest BCUT2D eigenvalue weighted by molar-refractivity contribution is 7.73. The summed E-state index contributed by atoms with van der Waals surface area (Å²) in [6.07, 6.45) is 0. The molecular weight excluding hydrogens is 163 g/mol. The number of carbonyl (C=O) groups excluding carboxylic acids is 1. The fourth-order valence-corrected chi connectivity index (χ4v) is 0.598. The SMILES string of the molecule is N=[N+]=C(C(=O)[O-])P(=O)(O)O. The molecule has 0 atom stereocenters. The third-order valence-corrected chi connectivity index (χ3v) is 1.40. The number of nitrogens with zero attached hydrogens (tertiary/aromatic N) is 1. The van der Waals surface area contributed by atoms with Gasteiger partial charge in [-0.2, -0.15) is 0 Å². The molecule has 0 aliphatic carbocycles. The van der Waals surface area contributed by atoms with Crippen LogP contribution in [0.1, 0.15) is 0 Å². The van der Waals surface area contributed by atoms with Crippen molar-refractivity contribution in [2.24, 2.45) is 0 Å². The fourth-order valence-electron chi connectivity index (χ4n) is 0.230. The van der Waals surface area contributed by atoms with Gasteiger partial charge >= 0.3 is 13.0 Å². The molecule has 0 aliphatic heterocycles. The van der Waals surface area contributed by atoms with Crippen molar-refractivity contribution in [1.82, 2.24) is 0 Å². The highest BCUT2D eigenvalue weighted by Gasteiger charge is 2.36. The first kappa shape index (κ1) is 9.00. The van der Waals surface area contributed by atoms with Crippen molar-refractivity contribution in [3.63, 3.8) is 0 Å². The molecule has 3 N–H and O–H groups in total. The number of aliphatic carboxylic acids is 1. The zero-order valence-electron chi connectivity index (χ0n) is 4.51. The minimum atomic E-state index is -4.93. The van der Waals surface area contributed by atoms with Gasteiger partial charge in [-0.1, -0.05) is 0 Å². The molecule has 0 aliphatic rings. The quantitative estimate of drug-likeness (QED) is 0.181. The van der Waals surface area contributed by atoms with E-state index in [-0.39, 0.29) is 0 Å². The molecule has 0 fully saturated rings. The van der Waals surface area contributed by atoms with E-state index in [2.05, 4.69) is 4.79 Å². The van der Waals surface area contributed by atoms with Gasteiger partial charge in [0.25, 0.3) is 0 Å². The first-order valence-corrected chi connectivity index (χ1v) is 3.52. The first-order chi connectivity index (χ1) is 4.39. The largest absolute Gasteiger partial charge is 0.538 e. The monoisotopic (exact) mass is 166 g/mol. The van der Waals surface area contributed by atoms with Crippen LogP contribution >= 0.6 is 7.60 Å². The Labute approximate surface area is 54.7 Å². The van der Waals surface area contributed by atoms with Gasteiger partial charge in [0.1, 0.15) is 0 Å². The van der Waals surface area contributed by atoms with Gasteiger partial charge in [-0.25, -0.2) is 4.57 Å². The molecule has 0 spiro atoms. The molecule has 0 unspecified atom stereocenters. The standard InChI is InChI=1S/C2H3N2O5P/c3-4-1(2(5)6)10(7,8)9/h3H,(H2-,5,6,7,8,9). The minimum Gasteiger partial charge on any atom is -0.538 e. The van der Waals surface area contributed by atoms with E-state index in [0.29, 0.717) is 0 Å². The second-order valence-electron chi connectivity index (χ2n) is 1.27. The average Bonchev–Trinajstić information content (AvgIpc) is 1.60. The molecule has 0 aromatic carbocycles. The normalized spacial score (nSPS) is 10.2. The Morgan fingerprint density at radius 3 is 2.00 bits per heavy atom. The van der Waals surface area contributed by atoms with Gasteiger partial charge < -0.3 is 19.7 Å². The Balaban J connectivity index is 4.94. The van der Waals surface area contributed by atoms with Crippen molar-refractivity contribution in [3.05, 3.63) is 0 Å². The molecule has 7 nitrogen and oxygen atoms in total. The second-order valence-corrected chi connectivity index (χ2v) is 2.78. The van der Waals surface area contributed by atoms with Crippen molar-refractivity contribution in [1.29, 1.82) is 5.53 Å². The molecular formula is C2H3N2O5P. The summed E-state index contributed by atoms with van der Waals surface area (Å²) >= 11 is 0. The van der Waals surface area contributed by atoms with E-state index in [4.69, 9.17) is 15.3 Å². The van der Waals surface area contributed by atoms with E-state index < -0.39 is 19.0 Å². The zero-order valence-corrected chi connectivity index (χ0v) is 5.41. The van der Waals surface area contributed by atoms with Crippen LogP contribution in [0.15, 0.2) is 0 Å². The van der Waals surface area contributed by atoms with E-state index in [1.807, 2.05) is 0 Å². The number of hydrogen-bond donors (Lipinski definition) is 3. The molecule has 0 saturated heterocycles. The Hall–Kier alpha value is -1.00. The fraction of sp³-hybridized carbons (Fsp3) is 0. The number of carboxylic acid groups (broad SMARTS) is 1. The number of nitrogens with one attached hydrogen (secondary N) is 1. The average molecular weight is 166 g/mol. The van der Waals surface area contributed by atoms with Crippen LogP contribution in [0.2, 0.25) is 0 Å². The van der Waals surface area contributed by atoms with Crippen molar-refractivity contribution in [2.75, 3.05) is 0 Å². The molecule has 0 aromatic rings. The second kappa shape index (κ2) is 2.72. The van der Waals surface area contributed by atoms with Crippen LogP contribution in [-0.2, 0) is 9.36 Å². The van der Waals surface area contributed by atoms with E-state index in [0.717, 1.165) is 0 Å². The van der Waals surface area contributed by atoms with Gasteiger partial charge in [0.15, 0.2) is 5.97 Å². The lowest BCUT2D eigenvalue weighted by Gasteiger charge is -1.94. The van der Waals surface area contributed by atoms with Crippen LogP contribution in [0.5, 0.6) is 0 Å². The molecule has 0 aromatic heterocycles. The Bertz CT molecular complexity index is 246. The van der Waals surface area contributed by atoms with Crippen LogP contribution in [0.4, 0.5) is 0 Å². The number of rotatable bonds is 2. The number of carbonyl (C=O) groups is 1. The van der Waals surface area contributed by atoms with E-state index >= 15 is 0 Å². The van der Waals surface area contributed by atoms with Gasteiger partial charge in [0.05, 0.1) is 10.3 Å². The maximum atomic E-state index is 10.0. The predicted octanol–water partition coefficient (Wildman–Crippen LogP) is -2.45. The van der Waals surface area contributed by atoms with Gasteiger partial charge in [-0.3, -0.25) is 0 Å². The van der Waals surface area contributed by atoms with Gasteiger partial charge in [-0.05, 0) is 0 Å². The van der Waals surface area contributed by atoms with E-state index in [9.17, 15) is 14.5 Å². The Morgan fingerprint density at radius 1 is 1.60 bits per heavy atom.